The van der Waals surface area contributed by atoms with Gasteiger partial charge in [-0.1, -0.05) is 13.8 Å². The topological polar surface area (TPSA) is 139 Å². The van der Waals surface area contributed by atoms with Crippen LogP contribution in [0.25, 0.3) is 5.69 Å². The number of carbonyl (C=O) groups is 1. The Balaban J connectivity index is 1.90. The van der Waals surface area contributed by atoms with E-state index < -0.39 is 26.7 Å². The number of amides is 2. The molecule has 0 spiro atoms. The fourth-order valence-corrected chi connectivity index (χ4v) is 3.82. The highest BCUT2D eigenvalue weighted by atomic mass is 32.2. The number of pyridine rings is 1. The van der Waals surface area contributed by atoms with E-state index in [1.54, 1.807) is 36.0 Å². The molecule has 0 aliphatic heterocycles. The Bertz CT molecular complexity index is 1190. The van der Waals surface area contributed by atoms with Crippen molar-refractivity contribution >= 4 is 21.9 Å². The number of hydrogen-bond donors (Lipinski definition) is 3. The fraction of sp³-hybridized carbons (Fsp3) is 0.350. The third kappa shape index (κ3) is 4.78. The highest BCUT2D eigenvalue weighted by molar-refractivity contribution is 7.89. The largest absolute Gasteiger partial charge is 0.451 e. The molecule has 3 aromatic rings. The number of aliphatic hydroxyl groups is 1. The predicted octanol–water partition coefficient (Wildman–Crippen LogP) is 3.03. The molecule has 0 fully saturated rings. The summed E-state index contributed by atoms with van der Waals surface area (Å²) in [5.74, 6) is 0.935. The van der Waals surface area contributed by atoms with Crippen LogP contribution in [0.5, 0.6) is 0 Å². The SMILES string of the molecule is Cc1nc(C(C)C)c(NC(=O)NS(=O)(=O)c2cc(C(C)(C)O)co2)n1-c1ccncc1. The lowest BCUT2D eigenvalue weighted by Gasteiger charge is -2.14. The Morgan fingerprint density at radius 1 is 1.26 bits per heavy atom. The van der Waals surface area contributed by atoms with E-state index in [9.17, 15) is 18.3 Å². The smallest absolute Gasteiger partial charge is 0.334 e. The van der Waals surface area contributed by atoms with E-state index in [-0.39, 0.29) is 11.5 Å². The molecular formula is C20H25N5O5S. The van der Waals surface area contributed by atoms with Crippen molar-refractivity contribution in [2.75, 3.05) is 5.32 Å². The highest BCUT2D eigenvalue weighted by Gasteiger charge is 2.27. The molecule has 0 unspecified atom stereocenters. The van der Waals surface area contributed by atoms with Gasteiger partial charge in [0.05, 0.1) is 23.2 Å². The second-order valence-corrected chi connectivity index (χ2v) is 9.47. The van der Waals surface area contributed by atoms with Gasteiger partial charge in [0.15, 0.2) is 0 Å². The van der Waals surface area contributed by atoms with Gasteiger partial charge in [0.2, 0.25) is 5.09 Å². The molecule has 3 aromatic heterocycles. The lowest BCUT2D eigenvalue weighted by molar-refractivity contribution is 0.0779. The Morgan fingerprint density at radius 2 is 1.90 bits per heavy atom. The molecule has 0 atom stereocenters. The van der Waals surface area contributed by atoms with E-state index in [4.69, 9.17) is 4.42 Å². The van der Waals surface area contributed by atoms with Crippen molar-refractivity contribution in [3.8, 4) is 5.69 Å². The number of rotatable bonds is 6. The van der Waals surface area contributed by atoms with Crippen LogP contribution in [0.4, 0.5) is 10.6 Å². The molecule has 0 aromatic carbocycles. The number of furan rings is 1. The van der Waals surface area contributed by atoms with E-state index in [1.165, 1.54) is 19.9 Å². The minimum atomic E-state index is -4.30. The number of urea groups is 1. The zero-order valence-electron chi connectivity index (χ0n) is 17.9. The maximum atomic E-state index is 12.6. The lowest BCUT2D eigenvalue weighted by atomic mass is 10.0. The van der Waals surface area contributed by atoms with Crippen LogP contribution in [0.2, 0.25) is 0 Å². The van der Waals surface area contributed by atoms with E-state index >= 15 is 0 Å². The molecule has 31 heavy (non-hydrogen) atoms. The Kier molecular flexibility index (Phi) is 5.92. The lowest BCUT2D eigenvalue weighted by Crippen LogP contribution is -2.35. The predicted molar refractivity (Wildman–Crippen MR) is 113 cm³/mol. The molecule has 0 saturated carbocycles. The average molecular weight is 448 g/mol. The molecule has 0 bridgehead atoms. The Morgan fingerprint density at radius 3 is 2.45 bits per heavy atom. The van der Waals surface area contributed by atoms with Gasteiger partial charge in [-0.25, -0.2) is 14.5 Å². The van der Waals surface area contributed by atoms with Crippen LogP contribution in [0.15, 0.2) is 46.4 Å². The zero-order chi connectivity index (χ0) is 23.0. The van der Waals surface area contributed by atoms with E-state index in [2.05, 4.69) is 15.3 Å². The van der Waals surface area contributed by atoms with Crippen LogP contribution >= 0.6 is 0 Å². The first kappa shape index (κ1) is 22.5. The van der Waals surface area contributed by atoms with Crippen LogP contribution in [-0.4, -0.2) is 34.1 Å². The van der Waals surface area contributed by atoms with Crippen molar-refractivity contribution in [2.45, 2.75) is 51.2 Å². The summed E-state index contributed by atoms with van der Waals surface area (Å²) in [6.45, 7) is 8.60. The maximum absolute atomic E-state index is 12.6. The van der Waals surface area contributed by atoms with Crippen LogP contribution in [0.1, 0.15) is 50.7 Å². The number of anilines is 1. The molecule has 0 saturated heterocycles. The molecule has 166 valence electrons. The van der Waals surface area contributed by atoms with Gasteiger partial charge in [-0.3, -0.25) is 14.9 Å². The molecule has 11 heteroatoms. The van der Waals surface area contributed by atoms with Gasteiger partial charge in [-0.05, 0) is 38.8 Å². The molecule has 3 heterocycles. The molecule has 3 N–H and O–H groups in total. The van der Waals surface area contributed by atoms with E-state index in [1.807, 2.05) is 18.6 Å². The summed E-state index contributed by atoms with van der Waals surface area (Å²) in [6, 6.07) is 3.69. The van der Waals surface area contributed by atoms with Gasteiger partial charge in [0, 0.05) is 24.0 Å². The van der Waals surface area contributed by atoms with Gasteiger partial charge in [-0.2, -0.15) is 8.42 Å². The van der Waals surface area contributed by atoms with Crippen molar-refractivity contribution in [3.05, 3.63) is 53.9 Å². The van der Waals surface area contributed by atoms with Crippen molar-refractivity contribution < 1.29 is 22.7 Å². The second kappa shape index (κ2) is 8.16. The van der Waals surface area contributed by atoms with Gasteiger partial charge in [0.25, 0.3) is 10.0 Å². The minimum absolute atomic E-state index is 0.0342. The quantitative estimate of drug-likeness (QED) is 0.528. The van der Waals surface area contributed by atoms with Crippen LogP contribution in [0, 0.1) is 6.92 Å². The van der Waals surface area contributed by atoms with Gasteiger partial charge in [-0.15, -0.1) is 0 Å². The number of aryl methyl sites for hydroxylation is 1. The van der Waals surface area contributed by atoms with E-state index in [0.29, 0.717) is 23.0 Å². The van der Waals surface area contributed by atoms with Crippen LogP contribution < -0.4 is 10.0 Å². The first-order chi connectivity index (χ1) is 14.4. The molecule has 2 amide bonds. The average Bonchev–Trinajstić information content (AvgIpc) is 3.28. The molecule has 0 radical (unpaired) electrons. The maximum Gasteiger partial charge on any atom is 0.334 e. The number of aromatic nitrogens is 3. The van der Waals surface area contributed by atoms with E-state index in [0.717, 1.165) is 6.26 Å². The van der Waals surface area contributed by atoms with Gasteiger partial charge >= 0.3 is 6.03 Å². The summed E-state index contributed by atoms with van der Waals surface area (Å²) < 4.78 is 33.8. The van der Waals surface area contributed by atoms with Crippen molar-refractivity contribution in [2.24, 2.45) is 0 Å². The van der Waals surface area contributed by atoms with Crippen molar-refractivity contribution in [3.63, 3.8) is 0 Å². The number of carbonyl (C=O) groups excluding carboxylic acids is 1. The number of nitrogens with one attached hydrogen (secondary N) is 2. The molecule has 0 aliphatic carbocycles. The fourth-order valence-electron chi connectivity index (χ4n) is 2.97. The Hall–Kier alpha value is -3.18. The third-order valence-corrected chi connectivity index (χ3v) is 5.74. The highest BCUT2D eigenvalue weighted by Crippen LogP contribution is 2.29. The standard InChI is InChI=1S/C20H25N5O5S/c1-12(2)17-18(25(13(3)22-17)15-6-8-21-9-7-15)23-19(26)24-31(28,29)16-10-14(11-30-16)20(4,5)27/h6-12,27H,1-5H3,(H2,23,24,26). The minimum Gasteiger partial charge on any atom is -0.451 e. The Labute approximate surface area is 180 Å². The third-order valence-electron chi connectivity index (χ3n) is 4.55. The number of sulfonamides is 1. The summed E-state index contributed by atoms with van der Waals surface area (Å²) in [5, 5.41) is 12.1. The molecular weight excluding hydrogens is 422 g/mol. The number of hydrogen-bond acceptors (Lipinski definition) is 7. The first-order valence-corrected chi connectivity index (χ1v) is 11.0. The monoisotopic (exact) mass is 447 g/mol. The van der Waals surface area contributed by atoms with Gasteiger partial charge in [0.1, 0.15) is 11.6 Å². The first-order valence-electron chi connectivity index (χ1n) is 9.55. The van der Waals surface area contributed by atoms with Gasteiger partial charge < -0.3 is 9.52 Å². The normalized spacial score (nSPS) is 12.2. The summed E-state index contributed by atoms with van der Waals surface area (Å²) in [4.78, 5) is 21.1. The number of imidazole rings is 1. The summed E-state index contributed by atoms with van der Waals surface area (Å²) in [7, 11) is -4.30. The summed E-state index contributed by atoms with van der Waals surface area (Å²) >= 11 is 0. The molecule has 3 rings (SSSR count). The summed E-state index contributed by atoms with van der Waals surface area (Å²) in [6.07, 6.45) is 4.34. The molecule has 0 aliphatic rings. The van der Waals surface area contributed by atoms with Crippen LogP contribution in [-0.2, 0) is 15.6 Å². The second-order valence-electron chi connectivity index (χ2n) is 7.86. The number of nitrogens with zero attached hydrogens (tertiary/aromatic N) is 3. The van der Waals surface area contributed by atoms with Crippen molar-refractivity contribution in [1.29, 1.82) is 0 Å². The molecule has 10 nitrogen and oxygen atoms in total. The van der Waals surface area contributed by atoms with Crippen LogP contribution in [0.3, 0.4) is 0 Å². The zero-order valence-corrected chi connectivity index (χ0v) is 18.7. The van der Waals surface area contributed by atoms with Crippen molar-refractivity contribution in [1.82, 2.24) is 19.3 Å². The summed E-state index contributed by atoms with van der Waals surface area (Å²) in [5.41, 5.74) is 0.289.